The fourth-order valence-electron chi connectivity index (χ4n) is 4.06. The number of aryl methyl sites for hydroxylation is 2. The Kier molecular flexibility index (Phi) is 6.87. The molecule has 0 bridgehead atoms. The van der Waals surface area contributed by atoms with Crippen LogP contribution < -0.4 is 10.6 Å². The molecule has 11 nitrogen and oxygen atoms in total. The Morgan fingerprint density at radius 1 is 1.08 bits per heavy atom. The third-order valence-corrected chi connectivity index (χ3v) is 6.30. The van der Waals surface area contributed by atoms with E-state index in [0.717, 1.165) is 12.1 Å². The minimum atomic E-state index is -1.38. The minimum absolute atomic E-state index is 0.0302. The number of amides is 2. The van der Waals surface area contributed by atoms with Crippen LogP contribution in [0.15, 0.2) is 39.5 Å². The molecule has 1 fully saturated rings. The van der Waals surface area contributed by atoms with E-state index in [4.69, 9.17) is 25.4 Å². The normalized spacial score (nSPS) is 14.9. The van der Waals surface area contributed by atoms with Crippen molar-refractivity contribution in [3.05, 3.63) is 70.2 Å². The molecule has 0 unspecified atom stereocenters. The van der Waals surface area contributed by atoms with E-state index >= 15 is 4.39 Å². The first-order valence-electron chi connectivity index (χ1n) is 11.7. The average molecular weight is 559 g/mol. The summed E-state index contributed by atoms with van der Waals surface area (Å²) in [4.78, 5) is 33.9. The van der Waals surface area contributed by atoms with Crippen LogP contribution in [0.2, 0.25) is 5.02 Å². The van der Waals surface area contributed by atoms with Gasteiger partial charge in [-0.05, 0) is 37.6 Å². The largest absolute Gasteiger partial charge is 0.375 e. The van der Waals surface area contributed by atoms with Crippen molar-refractivity contribution in [3.63, 3.8) is 0 Å². The lowest BCUT2D eigenvalue weighted by atomic mass is 9.95. The Morgan fingerprint density at radius 2 is 1.85 bits per heavy atom. The number of halogens is 3. The third-order valence-electron chi connectivity index (χ3n) is 6.08. The summed E-state index contributed by atoms with van der Waals surface area (Å²) in [5.41, 5.74) is -0.589. The third kappa shape index (κ3) is 5.10. The SMILES string of the molecule is Cc1cc(C(=O)NC2(C(=O)N[C@H](C)c3ncc(-c4cc(Cl)cc(F)c4-c4noc(C)n4)cc3F)COC2)on1. The second-order valence-electron chi connectivity index (χ2n) is 9.09. The Morgan fingerprint density at radius 3 is 2.44 bits per heavy atom. The van der Waals surface area contributed by atoms with Gasteiger partial charge in [0.15, 0.2) is 5.54 Å². The van der Waals surface area contributed by atoms with Crippen molar-refractivity contribution in [2.45, 2.75) is 32.4 Å². The Hall–Kier alpha value is -4.23. The number of hydrogen-bond donors (Lipinski definition) is 2. The van der Waals surface area contributed by atoms with E-state index in [2.05, 4.69) is 30.9 Å². The van der Waals surface area contributed by atoms with Crippen LogP contribution in [0.3, 0.4) is 0 Å². The van der Waals surface area contributed by atoms with Gasteiger partial charge in [0.25, 0.3) is 11.8 Å². The number of rotatable bonds is 7. The highest BCUT2D eigenvalue weighted by Crippen LogP contribution is 2.36. The van der Waals surface area contributed by atoms with Crippen molar-refractivity contribution >= 4 is 23.4 Å². The summed E-state index contributed by atoms with van der Waals surface area (Å²) < 4.78 is 45.3. The van der Waals surface area contributed by atoms with Gasteiger partial charge in [-0.25, -0.2) is 8.78 Å². The van der Waals surface area contributed by atoms with Gasteiger partial charge < -0.3 is 24.4 Å². The van der Waals surface area contributed by atoms with Crippen LogP contribution in [0.4, 0.5) is 8.78 Å². The van der Waals surface area contributed by atoms with Crippen molar-refractivity contribution in [2.24, 2.45) is 0 Å². The van der Waals surface area contributed by atoms with Gasteiger partial charge in [-0.1, -0.05) is 21.9 Å². The number of ether oxygens (including phenoxy) is 1. The number of nitrogens with zero attached hydrogens (tertiary/aromatic N) is 4. The zero-order valence-corrected chi connectivity index (χ0v) is 21.6. The topological polar surface area (TPSA) is 145 Å². The van der Waals surface area contributed by atoms with Crippen LogP contribution in [0.5, 0.6) is 0 Å². The highest BCUT2D eigenvalue weighted by Gasteiger charge is 2.48. The molecule has 2 amide bonds. The molecule has 1 aliphatic heterocycles. The summed E-state index contributed by atoms with van der Waals surface area (Å²) in [6.07, 6.45) is 1.32. The molecule has 1 atom stereocenters. The number of aromatic nitrogens is 4. The van der Waals surface area contributed by atoms with Crippen molar-refractivity contribution in [1.29, 1.82) is 0 Å². The van der Waals surface area contributed by atoms with E-state index in [9.17, 15) is 14.0 Å². The van der Waals surface area contributed by atoms with Crippen molar-refractivity contribution in [3.8, 4) is 22.5 Å². The molecule has 0 saturated carbocycles. The number of carbonyl (C=O) groups is 2. The maximum atomic E-state index is 15.3. The lowest BCUT2D eigenvalue weighted by molar-refractivity contribution is -0.147. The molecule has 0 aliphatic carbocycles. The standard InChI is InChI=1S/C25H21ClF2N6O5/c1-11-4-19(39-33-11)23(35)32-25(9-37-10-25)24(36)30-12(2)21-18(28)5-14(8-29-21)16-6-15(26)7-17(27)20(16)22-31-13(3)38-34-22/h4-8,12H,9-10H2,1-3H3,(H,30,36)(H,32,35)/t12-/m1/s1. The summed E-state index contributed by atoms with van der Waals surface area (Å²) >= 11 is 6.07. The van der Waals surface area contributed by atoms with Gasteiger partial charge in [-0.15, -0.1) is 0 Å². The van der Waals surface area contributed by atoms with Gasteiger partial charge in [0.2, 0.25) is 17.5 Å². The van der Waals surface area contributed by atoms with Gasteiger partial charge in [0.05, 0.1) is 36.2 Å². The van der Waals surface area contributed by atoms with E-state index in [1.54, 1.807) is 13.8 Å². The molecule has 1 aliphatic rings. The fourth-order valence-corrected chi connectivity index (χ4v) is 4.27. The van der Waals surface area contributed by atoms with Crippen LogP contribution >= 0.6 is 11.6 Å². The summed E-state index contributed by atoms with van der Waals surface area (Å²) in [7, 11) is 0. The average Bonchev–Trinajstić information content (AvgIpc) is 3.48. The van der Waals surface area contributed by atoms with E-state index in [-0.39, 0.29) is 58.1 Å². The maximum absolute atomic E-state index is 15.3. The smallest absolute Gasteiger partial charge is 0.290 e. The molecule has 4 heterocycles. The second-order valence-corrected chi connectivity index (χ2v) is 9.53. The Balaban J connectivity index is 1.37. The molecule has 39 heavy (non-hydrogen) atoms. The van der Waals surface area contributed by atoms with Gasteiger partial charge in [0, 0.05) is 29.8 Å². The van der Waals surface area contributed by atoms with Crippen LogP contribution in [-0.4, -0.2) is 50.8 Å². The predicted octanol–water partition coefficient (Wildman–Crippen LogP) is 3.71. The molecule has 14 heteroatoms. The van der Waals surface area contributed by atoms with Crippen LogP contribution in [0.1, 0.15) is 40.8 Å². The molecule has 0 spiro atoms. The summed E-state index contributed by atoms with van der Waals surface area (Å²) in [6, 6.07) is 4.20. The van der Waals surface area contributed by atoms with Crippen LogP contribution in [0.25, 0.3) is 22.5 Å². The molecule has 202 valence electrons. The molecule has 1 aromatic carbocycles. The van der Waals surface area contributed by atoms with E-state index in [0.29, 0.717) is 5.69 Å². The fraction of sp³-hybridized carbons (Fsp3) is 0.280. The highest BCUT2D eigenvalue weighted by atomic mass is 35.5. The van der Waals surface area contributed by atoms with E-state index < -0.39 is 35.0 Å². The molecular formula is C25H21ClF2N6O5. The molecule has 4 aromatic rings. The minimum Gasteiger partial charge on any atom is -0.375 e. The summed E-state index contributed by atoms with van der Waals surface area (Å²) in [5.74, 6) is -2.60. The lowest BCUT2D eigenvalue weighted by Gasteiger charge is -2.40. The first-order chi connectivity index (χ1) is 18.6. The quantitative estimate of drug-likeness (QED) is 0.346. The number of benzene rings is 1. The Labute approximate surface area is 224 Å². The number of carbonyl (C=O) groups excluding carboxylic acids is 2. The molecular weight excluding hydrogens is 538 g/mol. The van der Waals surface area contributed by atoms with Crippen LogP contribution in [-0.2, 0) is 9.53 Å². The number of nitrogens with one attached hydrogen (secondary N) is 2. The van der Waals surface area contributed by atoms with Crippen molar-refractivity contribution in [2.75, 3.05) is 13.2 Å². The monoisotopic (exact) mass is 558 g/mol. The molecule has 2 N–H and O–H groups in total. The maximum Gasteiger partial charge on any atom is 0.290 e. The van der Waals surface area contributed by atoms with Gasteiger partial charge in [-0.2, -0.15) is 4.98 Å². The van der Waals surface area contributed by atoms with Gasteiger partial charge >= 0.3 is 0 Å². The molecule has 5 rings (SSSR count). The second kappa shape index (κ2) is 10.2. The molecule has 1 saturated heterocycles. The first-order valence-corrected chi connectivity index (χ1v) is 12.0. The molecule has 0 radical (unpaired) electrons. The van der Waals surface area contributed by atoms with Crippen molar-refractivity contribution < 1.29 is 32.2 Å². The zero-order valence-electron chi connectivity index (χ0n) is 20.8. The Bertz CT molecular complexity index is 1580. The first kappa shape index (κ1) is 26.4. The summed E-state index contributed by atoms with van der Waals surface area (Å²) in [5, 5.41) is 12.8. The van der Waals surface area contributed by atoms with Crippen LogP contribution in [0, 0.1) is 25.5 Å². The zero-order chi connectivity index (χ0) is 27.9. The highest BCUT2D eigenvalue weighted by molar-refractivity contribution is 6.31. The molecule has 3 aromatic heterocycles. The summed E-state index contributed by atoms with van der Waals surface area (Å²) in [6.45, 7) is 4.57. The lowest BCUT2D eigenvalue weighted by Crippen LogP contribution is -2.70. The number of hydrogen-bond acceptors (Lipinski definition) is 9. The number of pyridine rings is 1. The van der Waals surface area contributed by atoms with E-state index in [1.165, 1.54) is 25.3 Å². The van der Waals surface area contributed by atoms with Gasteiger partial charge in [0.1, 0.15) is 11.6 Å². The predicted molar refractivity (Wildman–Crippen MR) is 131 cm³/mol. The van der Waals surface area contributed by atoms with E-state index in [1.807, 2.05) is 0 Å². The van der Waals surface area contributed by atoms with Gasteiger partial charge in [-0.3, -0.25) is 14.6 Å². The van der Waals surface area contributed by atoms with Crippen molar-refractivity contribution in [1.82, 2.24) is 30.9 Å².